The van der Waals surface area contributed by atoms with Crippen LogP contribution in [-0.4, -0.2) is 35.1 Å². The van der Waals surface area contributed by atoms with Gasteiger partial charge in [0.2, 0.25) is 0 Å². The van der Waals surface area contributed by atoms with E-state index in [9.17, 15) is 29.4 Å². The lowest BCUT2D eigenvalue weighted by Gasteiger charge is -2.07. The molecule has 0 heterocycles. The van der Waals surface area contributed by atoms with Gasteiger partial charge in [-0.3, -0.25) is 9.59 Å². The smallest absolute Gasteiger partial charge is 0.335 e. The number of hydrogen-bond acceptors (Lipinski definition) is 6. The molecule has 0 aromatic heterocycles. The average Bonchev–Trinajstić information content (AvgIpc) is 3.22. The second-order valence-electron chi connectivity index (χ2n) is 11.8. The first-order valence-electron chi connectivity index (χ1n) is 16.7. The Hall–Kier alpha value is -8.56. The van der Waals surface area contributed by atoms with Crippen LogP contribution in [0.25, 0.3) is 11.1 Å². The highest BCUT2D eigenvalue weighted by atomic mass is 16.5. The Morgan fingerprint density at radius 2 is 0.625 bits per heavy atom. The van der Waals surface area contributed by atoms with Crippen molar-refractivity contribution >= 4 is 24.9 Å². The van der Waals surface area contributed by atoms with Crippen molar-refractivity contribution in [1.82, 2.24) is 0 Å². The number of aromatic carboxylic acids is 2. The highest BCUT2D eigenvalue weighted by molar-refractivity contribution is 5.88. The third-order valence-electron chi connectivity index (χ3n) is 7.94. The van der Waals surface area contributed by atoms with Gasteiger partial charge in [-0.1, -0.05) is 47.4 Å². The van der Waals surface area contributed by atoms with E-state index >= 15 is 0 Å². The maximum Gasteiger partial charge on any atom is 0.335 e. The lowest BCUT2D eigenvalue weighted by molar-refractivity contribution is -0.121. The SMILES string of the molecule is O=COc1ccc(C#Cc2cc(C#Cc3ccc(C(=O)O)cc3)cc(-c3cc(C#Cc4ccc(OC=O)cc4)cc(C#Cc4ccc(C(=O)O)cc4)c3)c2)cc1. The van der Waals surface area contributed by atoms with Crippen LogP contribution < -0.4 is 9.47 Å². The van der Waals surface area contributed by atoms with E-state index in [1.54, 1.807) is 72.8 Å². The first kappa shape index (κ1) is 37.2. The zero-order chi connectivity index (χ0) is 39.3. The topological polar surface area (TPSA) is 127 Å². The maximum absolute atomic E-state index is 11.3. The summed E-state index contributed by atoms with van der Waals surface area (Å²) >= 11 is 0. The summed E-state index contributed by atoms with van der Waals surface area (Å²) in [5, 5.41) is 18.6. The first-order valence-corrected chi connectivity index (χ1v) is 16.7. The van der Waals surface area contributed by atoms with Gasteiger partial charge in [-0.05, 0) is 145 Å². The summed E-state index contributed by atoms with van der Waals surface area (Å²) in [5.74, 6) is 24.0. The summed E-state index contributed by atoms with van der Waals surface area (Å²) in [4.78, 5) is 44.1. The molecule has 266 valence electrons. The number of ether oxygens (including phenoxy) is 2. The maximum atomic E-state index is 11.3. The van der Waals surface area contributed by atoms with Crippen LogP contribution in [0.3, 0.4) is 0 Å². The Kier molecular flexibility index (Phi) is 11.8. The van der Waals surface area contributed by atoms with Crippen LogP contribution in [0.4, 0.5) is 0 Å². The second kappa shape index (κ2) is 17.8. The van der Waals surface area contributed by atoms with Gasteiger partial charge in [0.1, 0.15) is 11.5 Å². The minimum Gasteiger partial charge on any atom is -0.478 e. The summed E-state index contributed by atoms with van der Waals surface area (Å²) in [6.45, 7) is 0.712. The van der Waals surface area contributed by atoms with E-state index in [1.807, 2.05) is 36.4 Å². The number of carboxylic acid groups (broad SMARTS) is 2. The van der Waals surface area contributed by atoms with Gasteiger partial charge < -0.3 is 19.7 Å². The Morgan fingerprint density at radius 1 is 0.375 bits per heavy atom. The lowest BCUT2D eigenvalue weighted by atomic mass is 9.96. The van der Waals surface area contributed by atoms with E-state index < -0.39 is 11.9 Å². The van der Waals surface area contributed by atoms with Crippen molar-refractivity contribution < 1.29 is 38.9 Å². The fourth-order valence-electron chi connectivity index (χ4n) is 5.19. The van der Waals surface area contributed by atoms with Gasteiger partial charge in [0, 0.05) is 44.5 Å². The number of hydrogen-bond donors (Lipinski definition) is 2. The number of carboxylic acids is 2. The molecule has 56 heavy (non-hydrogen) atoms. The van der Waals surface area contributed by atoms with Crippen molar-refractivity contribution in [3.8, 4) is 70.0 Å². The quantitative estimate of drug-likeness (QED) is 0.128. The van der Waals surface area contributed by atoms with Crippen LogP contribution in [0.15, 0.2) is 133 Å². The number of carbonyl (C=O) groups excluding carboxylic acids is 2. The normalized spacial score (nSPS) is 9.64. The van der Waals surface area contributed by atoms with E-state index in [2.05, 4.69) is 47.4 Å². The molecule has 6 rings (SSSR count). The summed E-state index contributed by atoms with van der Waals surface area (Å²) in [6.07, 6.45) is 0. The average molecular weight is 731 g/mol. The Morgan fingerprint density at radius 3 is 0.875 bits per heavy atom. The number of rotatable bonds is 7. The van der Waals surface area contributed by atoms with Crippen LogP contribution in [-0.2, 0) is 9.59 Å². The van der Waals surface area contributed by atoms with Gasteiger partial charge in [-0.25, -0.2) is 9.59 Å². The molecule has 6 aromatic rings. The third kappa shape index (κ3) is 10.3. The highest BCUT2D eigenvalue weighted by Gasteiger charge is 2.07. The zero-order valence-electron chi connectivity index (χ0n) is 29.2. The zero-order valence-corrected chi connectivity index (χ0v) is 29.2. The van der Waals surface area contributed by atoms with E-state index in [1.165, 1.54) is 24.3 Å². The molecule has 0 atom stereocenters. The molecule has 0 aliphatic heterocycles. The number of carbonyl (C=O) groups is 4. The van der Waals surface area contributed by atoms with Gasteiger partial charge in [-0.15, -0.1) is 0 Å². The van der Waals surface area contributed by atoms with E-state index in [0.717, 1.165) is 11.1 Å². The molecule has 0 bridgehead atoms. The molecular formula is C48H26O8. The molecule has 0 fully saturated rings. The molecule has 0 unspecified atom stereocenters. The van der Waals surface area contributed by atoms with Crippen LogP contribution in [0.1, 0.15) is 65.2 Å². The van der Waals surface area contributed by atoms with Crippen molar-refractivity contribution in [2.75, 3.05) is 0 Å². The van der Waals surface area contributed by atoms with Crippen molar-refractivity contribution in [2.24, 2.45) is 0 Å². The molecule has 0 amide bonds. The van der Waals surface area contributed by atoms with Gasteiger partial charge >= 0.3 is 11.9 Å². The van der Waals surface area contributed by atoms with Crippen LogP contribution in [0.2, 0.25) is 0 Å². The van der Waals surface area contributed by atoms with Crippen molar-refractivity contribution in [3.63, 3.8) is 0 Å². The highest BCUT2D eigenvalue weighted by Crippen LogP contribution is 2.26. The van der Waals surface area contributed by atoms with Crippen LogP contribution in [0.5, 0.6) is 11.5 Å². The monoisotopic (exact) mass is 730 g/mol. The van der Waals surface area contributed by atoms with E-state index in [0.29, 0.717) is 69.0 Å². The summed E-state index contributed by atoms with van der Waals surface area (Å²) < 4.78 is 9.77. The molecule has 8 nitrogen and oxygen atoms in total. The molecule has 6 aromatic carbocycles. The van der Waals surface area contributed by atoms with E-state index in [4.69, 9.17) is 9.47 Å². The first-order chi connectivity index (χ1) is 27.2. The largest absolute Gasteiger partial charge is 0.478 e. The molecule has 0 aliphatic carbocycles. The Labute approximate surface area is 322 Å². The predicted molar refractivity (Wildman–Crippen MR) is 209 cm³/mol. The van der Waals surface area contributed by atoms with Crippen LogP contribution in [0, 0.1) is 47.4 Å². The van der Waals surface area contributed by atoms with E-state index in [-0.39, 0.29) is 11.1 Å². The third-order valence-corrected chi connectivity index (χ3v) is 7.94. The molecule has 0 saturated carbocycles. The van der Waals surface area contributed by atoms with Gasteiger partial charge in [0.15, 0.2) is 0 Å². The molecule has 8 heteroatoms. The fraction of sp³-hybridized carbons (Fsp3) is 0. The van der Waals surface area contributed by atoms with Crippen molar-refractivity contribution in [1.29, 1.82) is 0 Å². The molecule has 0 aliphatic rings. The number of benzene rings is 6. The second-order valence-corrected chi connectivity index (χ2v) is 11.8. The molecule has 0 saturated heterocycles. The predicted octanol–water partition coefficient (Wildman–Crippen LogP) is 7.42. The Balaban J connectivity index is 1.45. The molecular weight excluding hydrogens is 705 g/mol. The molecule has 0 spiro atoms. The lowest BCUT2D eigenvalue weighted by Crippen LogP contribution is -1.95. The van der Waals surface area contributed by atoms with Crippen molar-refractivity contribution in [2.45, 2.75) is 0 Å². The van der Waals surface area contributed by atoms with Gasteiger partial charge in [-0.2, -0.15) is 0 Å². The van der Waals surface area contributed by atoms with Gasteiger partial charge in [0.25, 0.3) is 12.9 Å². The Bertz CT molecular complexity index is 2520. The minimum atomic E-state index is -1.03. The summed E-state index contributed by atoms with van der Waals surface area (Å²) in [6, 6.07) is 37.4. The minimum absolute atomic E-state index is 0.156. The van der Waals surface area contributed by atoms with Gasteiger partial charge in [0.05, 0.1) is 11.1 Å². The fourth-order valence-corrected chi connectivity index (χ4v) is 5.19. The summed E-state index contributed by atoms with van der Waals surface area (Å²) in [7, 11) is 0. The molecule has 2 N–H and O–H groups in total. The standard InChI is InChI=1S/C48H26O8/c49-31-55-45-21-13-35(14-22-45)3-7-39-25-37(5-1-33-9-17-41(18-10-33)47(51)52)27-43(29-39)44-28-38(6-2-34-11-19-42(20-12-34)48(53)54)26-40(30-44)8-4-36-15-23-46(24-16-36)56-32-50/h9-32H,(H,51,52)(H,53,54). The molecule has 0 radical (unpaired) electrons. The van der Waals surface area contributed by atoms with Crippen LogP contribution >= 0.6 is 0 Å². The van der Waals surface area contributed by atoms with Crippen molar-refractivity contribution in [3.05, 3.63) is 189 Å². The summed E-state index contributed by atoms with van der Waals surface area (Å²) in [5.41, 5.74) is 7.08.